The summed E-state index contributed by atoms with van der Waals surface area (Å²) in [5.74, 6) is -0.265. The van der Waals surface area contributed by atoms with E-state index in [-0.39, 0.29) is 5.82 Å². The maximum atomic E-state index is 13.7. The second kappa shape index (κ2) is 5.81. The summed E-state index contributed by atoms with van der Waals surface area (Å²) < 4.78 is 15.3. The van der Waals surface area contributed by atoms with Crippen molar-refractivity contribution in [2.75, 3.05) is 6.26 Å². The molecule has 0 saturated heterocycles. The van der Waals surface area contributed by atoms with E-state index in [0.717, 1.165) is 14.2 Å². The Morgan fingerprint density at radius 2 is 2.12 bits per heavy atom. The van der Waals surface area contributed by atoms with Crippen molar-refractivity contribution in [3.05, 3.63) is 29.6 Å². The van der Waals surface area contributed by atoms with Gasteiger partial charge in [0, 0.05) is 6.54 Å². The van der Waals surface area contributed by atoms with Crippen molar-refractivity contribution in [2.45, 2.75) is 20.1 Å². The Balaban J connectivity index is 2.18. The van der Waals surface area contributed by atoms with Crippen LogP contribution in [0.15, 0.2) is 31.8 Å². The first-order valence-corrected chi connectivity index (χ1v) is 7.62. The summed E-state index contributed by atoms with van der Waals surface area (Å²) in [5, 5.41) is 7.95. The van der Waals surface area contributed by atoms with Crippen LogP contribution in [-0.4, -0.2) is 16.5 Å². The highest BCUT2D eigenvalue weighted by Gasteiger charge is 2.09. The third-order valence-corrected chi connectivity index (χ3v) is 4.99. The lowest BCUT2D eigenvalue weighted by Crippen LogP contribution is -1.96. The second-order valence-electron chi connectivity index (χ2n) is 3.11. The molecule has 2 aromatic rings. The molecule has 0 aliphatic rings. The molecular weight excluding hydrogens is 277 g/mol. The maximum Gasteiger partial charge on any atom is 0.179 e. The predicted molar refractivity (Wildman–Crippen MR) is 70.1 cm³/mol. The molecule has 0 spiro atoms. The number of aromatic nitrogens is 2. The Labute approximate surface area is 111 Å². The van der Waals surface area contributed by atoms with Gasteiger partial charge in [0.25, 0.3) is 0 Å². The van der Waals surface area contributed by atoms with Gasteiger partial charge in [0.1, 0.15) is 5.82 Å². The maximum absolute atomic E-state index is 13.7. The molecular formula is C10H10FN3S3. The molecule has 90 valence electrons. The van der Waals surface area contributed by atoms with Crippen molar-refractivity contribution in [3.63, 3.8) is 0 Å². The van der Waals surface area contributed by atoms with Gasteiger partial charge < -0.3 is 5.73 Å². The Hall–Kier alpha value is -0.630. The minimum Gasteiger partial charge on any atom is -0.326 e. The van der Waals surface area contributed by atoms with Gasteiger partial charge in [0.2, 0.25) is 0 Å². The fourth-order valence-electron chi connectivity index (χ4n) is 1.17. The van der Waals surface area contributed by atoms with E-state index in [1.54, 1.807) is 6.07 Å². The summed E-state index contributed by atoms with van der Waals surface area (Å²) in [6, 6.07) is 5.00. The first-order valence-electron chi connectivity index (χ1n) is 4.76. The van der Waals surface area contributed by atoms with Crippen molar-refractivity contribution in [1.82, 2.24) is 10.2 Å². The largest absolute Gasteiger partial charge is 0.326 e. The van der Waals surface area contributed by atoms with Crippen molar-refractivity contribution in [3.8, 4) is 0 Å². The molecule has 0 fully saturated rings. The molecule has 0 aliphatic carbocycles. The SMILES string of the molecule is CSc1nnc(Sc2ccc(CN)cc2F)s1. The van der Waals surface area contributed by atoms with Crippen LogP contribution in [0.4, 0.5) is 4.39 Å². The lowest BCUT2D eigenvalue weighted by atomic mass is 10.2. The zero-order valence-corrected chi connectivity index (χ0v) is 11.5. The van der Waals surface area contributed by atoms with Crippen LogP contribution in [0.1, 0.15) is 5.56 Å². The topological polar surface area (TPSA) is 51.8 Å². The lowest BCUT2D eigenvalue weighted by molar-refractivity contribution is 0.599. The molecule has 0 unspecified atom stereocenters. The smallest absolute Gasteiger partial charge is 0.179 e. The highest BCUT2D eigenvalue weighted by molar-refractivity contribution is 8.03. The average molecular weight is 287 g/mol. The van der Waals surface area contributed by atoms with Crippen LogP contribution >= 0.6 is 34.9 Å². The molecule has 17 heavy (non-hydrogen) atoms. The Kier molecular flexibility index (Phi) is 4.38. The van der Waals surface area contributed by atoms with E-state index >= 15 is 0 Å². The van der Waals surface area contributed by atoms with Crippen LogP contribution in [0.5, 0.6) is 0 Å². The van der Waals surface area contributed by atoms with Crippen molar-refractivity contribution in [1.29, 1.82) is 0 Å². The summed E-state index contributed by atoms with van der Waals surface area (Å²) >= 11 is 4.28. The van der Waals surface area contributed by atoms with Crippen LogP contribution in [0.25, 0.3) is 0 Å². The van der Waals surface area contributed by atoms with Gasteiger partial charge in [-0.3, -0.25) is 0 Å². The zero-order valence-electron chi connectivity index (χ0n) is 9.01. The average Bonchev–Trinajstić information content (AvgIpc) is 2.79. The number of nitrogens with two attached hydrogens (primary N) is 1. The van der Waals surface area contributed by atoms with Gasteiger partial charge in [-0.15, -0.1) is 10.2 Å². The minimum atomic E-state index is -0.265. The number of thioether (sulfide) groups is 1. The standard InChI is InChI=1S/C10H10FN3S3/c1-15-9-13-14-10(17-9)16-8-3-2-6(5-12)4-7(8)11/h2-4H,5,12H2,1H3. The number of hydrogen-bond acceptors (Lipinski definition) is 6. The number of halogens is 1. The molecule has 0 amide bonds. The molecule has 7 heteroatoms. The third-order valence-electron chi connectivity index (χ3n) is 1.99. The second-order valence-corrected chi connectivity index (χ2v) is 6.43. The molecule has 1 aromatic heterocycles. The van der Waals surface area contributed by atoms with Gasteiger partial charge in [-0.25, -0.2) is 4.39 Å². The molecule has 3 nitrogen and oxygen atoms in total. The summed E-state index contributed by atoms with van der Waals surface area (Å²) in [4.78, 5) is 0.547. The highest BCUT2D eigenvalue weighted by Crippen LogP contribution is 2.34. The quantitative estimate of drug-likeness (QED) is 0.876. The van der Waals surface area contributed by atoms with Crippen molar-refractivity contribution >= 4 is 34.9 Å². The van der Waals surface area contributed by atoms with E-state index in [2.05, 4.69) is 10.2 Å². The van der Waals surface area contributed by atoms with Gasteiger partial charge in [-0.2, -0.15) is 0 Å². The van der Waals surface area contributed by atoms with E-state index in [4.69, 9.17) is 5.73 Å². The molecule has 1 aromatic carbocycles. The van der Waals surface area contributed by atoms with E-state index in [1.807, 2.05) is 12.3 Å². The van der Waals surface area contributed by atoms with E-state index in [1.165, 1.54) is 40.9 Å². The predicted octanol–water partition coefficient (Wildman–Crippen LogP) is 3.01. The van der Waals surface area contributed by atoms with Gasteiger partial charge in [-0.05, 0) is 24.0 Å². The van der Waals surface area contributed by atoms with Crippen molar-refractivity contribution in [2.24, 2.45) is 5.73 Å². The number of benzene rings is 1. The van der Waals surface area contributed by atoms with Crippen molar-refractivity contribution < 1.29 is 4.39 Å². The van der Waals surface area contributed by atoms with Crippen LogP contribution in [0, 0.1) is 5.82 Å². The van der Waals surface area contributed by atoms with Crippen LogP contribution < -0.4 is 5.73 Å². The molecule has 0 bridgehead atoms. The Bertz CT molecular complexity index is 515. The first kappa shape index (κ1) is 12.8. The molecule has 0 radical (unpaired) electrons. The number of nitrogens with zero attached hydrogens (tertiary/aromatic N) is 2. The summed E-state index contributed by atoms with van der Waals surface area (Å²) in [7, 11) is 0. The van der Waals surface area contributed by atoms with Gasteiger partial charge >= 0.3 is 0 Å². The van der Waals surface area contributed by atoms with Crippen LogP contribution in [0.2, 0.25) is 0 Å². The zero-order chi connectivity index (χ0) is 12.3. The summed E-state index contributed by atoms with van der Waals surface area (Å²) in [5.41, 5.74) is 6.23. The third kappa shape index (κ3) is 3.19. The van der Waals surface area contributed by atoms with E-state index < -0.39 is 0 Å². The van der Waals surface area contributed by atoms with E-state index in [0.29, 0.717) is 11.4 Å². The fraction of sp³-hybridized carbons (Fsp3) is 0.200. The normalized spacial score (nSPS) is 10.8. The Morgan fingerprint density at radius 1 is 1.35 bits per heavy atom. The van der Waals surface area contributed by atoms with Crippen LogP contribution in [0.3, 0.4) is 0 Å². The molecule has 1 heterocycles. The fourth-order valence-corrected chi connectivity index (χ4v) is 3.57. The van der Waals surface area contributed by atoms with Gasteiger partial charge in [0.15, 0.2) is 8.68 Å². The Morgan fingerprint density at radius 3 is 2.71 bits per heavy atom. The molecule has 0 aliphatic heterocycles. The minimum absolute atomic E-state index is 0.265. The summed E-state index contributed by atoms with van der Waals surface area (Å²) in [6.07, 6.45) is 1.94. The monoisotopic (exact) mass is 287 g/mol. The molecule has 0 atom stereocenters. The summed E-state index contributed by atoms with van der Waals surface area (Å²) in [6.45, 7) is 0.345. The lowest BCUT2D eigenvalue weighted by Gasteiger charge is -2.01. The number of rotatable bonds is 4. The number of hydrogen-bond donors (Lipinski definition) is 1. The molecule has 0 saturated carbocycles. The van der Waals surface area contributed by atoms with Gasteiger partial charge in [0.05, 0.1) is 4.90 Å². The van der Waals surface area contributed by atoms with Gasteiger partial charge in [-0.1, -0.05) is 40.9 Å². The first-order chi connectivity index (χ1) is 8.22. The highest BCUT2D eigenvalue weighted by atomic mass is 32.2. The molecule has 2 rings (SSSR count). The van der Waals surface area contributed by atoms with Crippen LogP contribution in [-0.2, 0) is 6.54 Å². The molecule has 2 N–H and O–H groups in total. The van der Waals surface area contributed by atoms with E-state index in [9.17, 15) is 4.39 Å².